The maximum Gasteiger partial charge on any atom is 0.0981 e. The number of fused-ring (bicyclic) bond motifs is 3. The highest BCUT2D eigenvalue weighted by Gasteiger charge is 2.43. The number of aryl methyl sites for hydroxylation is 1. The molecule has 1 saturated carbocycles. The monoisotopic (exact) mass is 257 g/mol. The van der Waals surface area contributed by atoms with E-state index in [-0.39, 0.29) is 6.10 Å². The molecule has 1 aromatic carbocycles. The highest BCUT2D eigenvalue weighted by Crippen LogP contribution is 2.40. The lowest BCUT2D eigenvalue weighted by atomic mass is 9.77. The summed E-state index contributed by atoms with van der Waals surface area (Å²) in [7, 11) is 0. The van der Waals surface area contributed by atoms with Gasteiger partial charge in [0.15, 0.2) is 0 Å². The first kappa shape index (κ1) is 11.9. The van der Waals surface area contributed by atoms with Crippen LogP contribution in [0.25, 0.3) is 0 Å². The Bertz CT molecular complexity index is 464. The van der Waals surface area contributed by atoms with Crippen molar-refractivity contribution < 1.29 is 4.74 Å². The number of rotatable bonds is 0. The Morgan fingerprint density at radius 2 is 1.95 bits per heavy atom. The van der Waals surface area contributed by atoms with Gasteiger partial charge in [-0.05, 0) is 36.8 Å². The van der Waals surface area contributed by atoms with Gasteiger partial charge in [0.25, 0.3) is 0 Å². The van der Waals surface area contributed by atoms with Gasteiger partial charge in [0.05, 0.1) is 12.7 Å². The van der Waals surface area contributed by atoms with Crippen LogP contribution >= 0.6 is 0 Å². The molecular formula is C17H23NO. The Morgan fingerprint density at radius 3 is 2.84 bits per heavy atom. The second kappa shape index (κ2) is 4.60. The normalized spacial score (nSPS) is 32.6. The first-order valence-corrected chi connectivity index (χ1v) is 7.83. The molecule has 0 radical (unpaired) electrons. The molecule has 2 aliphatic carbocycles. The molecule has 4 rings (SSSR count). The fourth-order valence-electron chi connectivity index (χ4n) is 4.27. The zero-order valence-electron chi connectivity index (χ0n) is 11.5. The Morgan fingerprint density at radius 1 is 1.11 bits per heavy atom. The van der Waals surface area contributed by atoms with E-state index in [1.54, 1.807) is 0 Å². The van der Waals surface area contributed by atoms with Crippen LogP contribution in [-0.4, -0.2) is 18.2 Å². The van der Waals surface area contributed by atoms with E-state index in [9.17, 15) is 0 Å². The fourth-order valence-corrected chi connectivity index (χ4v) is 4.27. The van der Waals surface area contributed by atoms with Crippen LogP contribution in [0.4, 0.5) is 0 Å². The molecule has 1 saturated heterocycles. The van der Waals surface area contributed by atoms with Gasteiger partial charge in [-0.3, -0.25) is 0 Å². The minimum absolute atomic E-state index is 0.289. The van der Waals surface area contributed by atoms with Gasteiger partial charge in [0.1, 0.15) is 0 Å². The van der Waals surface area contributed by atoms with E-state index < -0.39 is 0 Å². The summed E-state index contributed by atoms with van der Waals surface area (Å²) in [6.45, 7) is 0.905. The van der Waals surface area contributed by atoms with Crippen LogP contribution in [0.2, 0.25) is 0 Å². The molecule has 1 N–H and O–H groups in total. The fraction of sp³-hybridized carbons (Fsp3) is 0.647. The number of hydrogen-bond acceptors (Lipinski definition) is 2. The maximum atomic E-state index is 6.34. The highest BCUT2D eigenvalue weighted by molar-refractivity contribution is 5.33. The van der Waals surface area contributed by atoms with Gasteiger partial charge in [-0.25, -0.2) is 0 Å². The van der Waals surface area contributed by atoms with E-state index in [4.69, 9.17) is 4.74 Å². The number of ether oxygens (including phenoxy) is 1. The zero-order valence-corrected chi connectivity index (χ0v) is 11.5. The first-order valence-electron chi connectivity index (χ1n) is 7.83. The Labute approximate surface area is 115 Å². The summed E-state index contributed by atoms with van der Waals surface area (Å²) >= 11 is 0. The molecule has 1 heterocycles. The lowest BCUT2D eigenvalue weighted by Crippen LogP contribution is -2.61. The van der Waals surface area contributed by atoms with Gasteiger partial charge in [-0.2, -0.15) is 0 Å². The van der Waals surface area contributed by atoms with Crippen LogP contribution in [0.3, 0.4) is 0 Å². The topological polar surface area (TPSA) is 21.3 Å². The van der Waals surface area contributed by atoms with Crippen molar-refractivity contribution in [1.29, 1.82) is 0 Å². The summed E-state index contributed by atoms with van der Waals surface area (Å²) < 4.78 is 6.34. The third-order valence-electron chi connectivity index (χ3n) is 5.29. The summed E-state index contributed by atoms with van der Waals surface area (Å²) in [5.41, 5.74) is 3.22. The van der Waals surface area contributed by atoms with Gasteiger partial charge in [0, 0.05) is 11.6 Å². The van der Waals surface area contributed by atoms with Crippen LogP contribution < -0.4 is 5.32 Å². The molecule has 102 valence electrons. The molecule has 2 atom stereocenters. The van der Waals surface area contributed by atoms with E-state index in [1.165, 1.54) is 56.1 Å². The summed E-state index contributed by atoms with van der Waals surface area (Å²) in [4.78, 5) is 0. The largest absolute Gasteiger partial charge is 0.370 e. The molecule has 0 bridgehead atoms. The average Bonchev–Trinajstić information content (AvgIpc) is 2.47. The van der Waals surface area contributed by atoms with E-state index in [1.807, 2.05) is 0 Å². The number of benzene rings is 1. The molecule has 3 aliphatic rings. The number of hydrogen-bond donors (Lipinski definition) is 1. The van der Waals surface area contributed by atoms with Crippen molar-refractivity contribution in [2.75, 3.05) is 6.61 Å². The van der Waals surface area contributed by atoms with Crippen molar-refractivity contribution in [3.8, 4) is 0 Å². The third kappa shape index (κ3) is 2.02. The molecule has 0 amide bonds. The molecule has 0 aromatic heterocycles. The SMILES string of the molecule is c1ccc2c(c1)CCC1NC3(CCCCC3)COC21. The molecule has 1 spiro atoms. The predicted octanol–water partition coefficient (Wildman–Crippen LogP) is 3.37. The predicted molar refractivity (Wildman–Crippen MR) is 76.2 cm³/mol. The van der Waals surface area contributed by atoms with Gasteiger partial charge in [-0.15, -0.1) is 0 Å². The Hall–Kier alpha value is -0.860. The van der Waals surface area contributed by atoms with Crippen LogP contribution in [0, 0.1) is 0 Å². The molecule has 2 fully saturated rings. The molecule has 1 aliphatic heterocycles. The van der Waals surface area contributed by atoms with Gasteiger partial charge >= 0.3 is 0 Å². The lowest BCUT2D eigenvalue weighted by Gasteiger charge is -2.49. The molecule has 2 heteroatoms. The van der Waals surface area contributed by atoms with E-state index in [0.717, 1.165) is 6.61 Å². The minimum atomic E-state index is 0.289. The van der Waals surface area contributed by atoms with Crippen LogP contribution in [0.1, 0.15) is 55.8 Å². The van der Waals surface area contributed by atoms with Gasteiger partial charge in [-0.1, -0.05) is 43.5 Å². The molecule has 2 nitrogen and oxygen atoms in total. The molecule has 19 heavy (non-hydrogen) atoms. The minimum Gasteiger partial charge on any atom is -0.370 e. The van der Waals surface area contributed by atoms with Gasteiger partial charge < -0.3 is 10.1 Å². The van der Waals surface area contributed by atoms with Gasteiger partial charge in [0.2, 0.25) is 0 Å². The summed E-state index contributed by atoms with van der Waals surface area (Å²) in [5, 5.41) is 3.99. The highest BCUT2D eigenvalue weighted by atomic mass is 16.5. The van der Waals surface area contributed by atoms with Crippen molar-refractivity contribution in [3.05, 3.63) is 35.4 Å². The van der Waals surface area contributed by atoms with Crippen molar-refractivity contribution >= 4 is 0 Å². The standard InChI is InChI=1S/C17H23NO/c1-4-10-17(11-5-1)12-19-16-14-7-3-2-6-13(14)8-9-15(16)18-17/h2-3,6-7,15-16,18H,1,4-5,8-12H2. The zero-order chi connectivity index (χ0) is 12.7. The Balaban J connectivity index is 1.59. The lowest BCUT2D eigenvalue weighted by molar-refractivity contribution is -0.0810. The van der Waals surface area contributed by atoms with E-state index in [2.05, 4.69) is 29.6 Å². The molecular weight excluding hydrogens is 234 g/mol. The number of nitrogens with one attached hydrogen (secondary N) is 1. The smallest absolute Gasteiger partial charge is 0.0981 e. The van der Waals surface area contributed by atoms with E-state index in [0.29, 0.717) is 11.6 Å². The summed E-state index contributed by atoms with van der Waals surface area (Å²) in [5.74, 6) is 0. The van der Waals surface area contributed by atoms with Crippen molar-refractivity contribution in [1.82, 2.24) is 5.32 Å². The van der Waals surface area contributed by atoms with E-state index >= 15 is 0 Å². The van der Waals surface area contributed by atoms with Crippen LogP contribution in [-0.2, 0) is 11.2 Å². The first-order chi connectivity index (χ1) is 9.36. The Kier molecular flexibility index (Phi) is 2.89. The second-order valence-corrected chi connectivity index (χ2v) is 6.56. The third-order valence-corrected chi connectivity index (χ3v) is 5.29. The molecule has 2 unspecified atom stereocenters. The van der Waals surface area contributed by atoms with Crippen LogP contribution in [0.5, 0.6) is 0 Å². The summed E-state index contributed by atoms with van der Waals surface area (Å²) in [6, 6.07) is 9.35. The number of morpholine rings is 1. The van der Waals surface area contributed by atoms with Crippen LogP contribution in [0.15, 0.2) is 24.3 Å². The summed E-state index contributed by atoms with van der Waals surface area (Å²) in [6.07, 6.45) is 9.45. The van der Waals surface area contributed by atoms with Crippen molar-refractivity contribution in [3.63, 3.8) is 0 Å². The maximum absolute atomic E-state index is 6.34. The quantitative estimate of drug-likeness (QED) is 0.769. The second-order valence-electron chi connectivity index (χ2n) is 6.56. The van der Waals surface area contributed by atoms with Crippen molar-refractivity contribution in [2.24, 2.45) is 0 Å². The average molecular weight is 257 g/mol. The molecule has 1 aromatic rings. The van der Waals surface area contributed by atoms with Crippen molar-refractivity contribution in [2.45, 2.75) is 62.6 Å².